The smallest absolute Gasteiger partial charge is 0.336 e. The summed E-state index contributed by atoms with van der Waals surface area (Å²) >= 11 is 0. The Morgan fingerprint density at radius 1 is 0.791 bits per heavy atom. The zero-order chi connectivity index (χ0) is 30.4. The maximum absolute atomic E-state index is 12.0. The van der Waals surface area contributed by atoms with Gasteiger partial charge in [0.15, 0.2) is 0 Å². The van der Waals surface area contributed by atoms with Crippen molar-refractivity contribution in [2.24, 2.45) is 0 Å². The maximum atomic E-state index is 12.0. The van der Waals surface area contributed by atoms with Gasteiger partial charge >= 0.3 is 5.97 Å². The molecule has 0 amide bonds. The van der Waals surface area contributed by atoms with Crippen LogP contribution in [0.4, 0.5) is 0 Å². The molecule has 0 heterocycles. The van der Waals surface area contributed by atoms with Crippen LogP contribution >= 0.6 is 0 Å². The van der Waals surface area contributed by atoms with E-state index in [9.17, 15) is 15.0 Å². The number of fused-ring (bicyclic) bond motifs is 1. The lowest BCUT2D eigenvalue weighted by atomic mass is 9.91. The van der Waals surface area contributed by atoms with E-state index >= 15 is 0 Å². The number of aromatic carboxylic acids is 1. The molecule has 0 aliphatic rings. The summed E-state index contributed by atoms with van der Waals surface area (Å²) in [7, 11) is 0. The molecule has 0 aromatic heterocycles. The van der Waals surface area contributed by atoms with Crippen LogP contribution in [-0.2, 0) is 11.2 Å². The van der Waals surface area contributed by atoms with Crippen molar-refractivity contribution >= 4 is 16.7 Å². The van der Waals surface area contributed by atoms with Crippen molar-refractivity contribution in [3.8, 4) is 22.3 Å². The molecule has 0 spiro atoms. The van der Waals surface area contributed by atoms with Gasteiger partial charge < -0.3 is 20.3 Å². The Kier molecular flexibility index (Phi) is 9.37. The number of carbonyl (C=O) groups is 1. The minimum atomic E-state index is -0.960. The van der Waals surface area contributed by atoms with Gasteiger partial charge in [-0.1, -0.05) is 103 Å². The summed E-state index contributed by atoms with van der Waals surface area (Å²) in [6, 6.07) is 37.9. The number of β-amino-alcohol motifs (C(OH)–C–C–N with tert-alkyl or cyclic N) is 1. The van der Waals surface area contributed by atoms with Crippen LogP contribution < -0.4 is 5.32 Å². The lowest BCUT2D eigenvalue weighted by Gasteiger charge is -2.28. The number of aliphatic hydroxyl groups excluding tert-OH is 1. The van der Waals surface area contributed by atoms with Gasteiger partial charge in [0.05, 0.1) is 24.4 Å². The van der Waals surface area contributed by atoms with Crippen molar-refractivity contribution in [2.45, 2.75) is 44.9 Å². The minimum Gasteiger partial charge on any atom is -0.478 e. The molecular weight excluding hydrogens is 534 g/mol. The predicted molar refractivity (Wildman–Crippen MR) is 174 cm³/mol. The molecule has 5 heteroatoms. The third-order valence-electron chi connectivity index (χ3n) is 7.86. The monoisotopic (exact) mass is 573 g/mol. The highest BCUT2D eigenvalue weighted by Gasteiger charge is 2.21. The first kappa shape index (κ1) is 30.2. The van der Waals surface area contributed by atoms with Gasteiger partial charge in [-0.2, -0.15) is 0 Å². The fourth-order valence-electron chi connectivity index (χ4n) is 5.59. The van der Waals surface area contributed by atoms with Gasteiger partial charge in [-0.05, 0) is 83.5 Å². The summed E-state index contributed by atoms with van der Waals surface area (Å²) in [4.78, 5) is 12.0. The third kappa shape index (κ3) is 7.57. The molecule has 0 radical (unpaired) electrons. The van der Waals surface area contributed by atoms with Gasteiger partial charge in [0.25, 0.3) is 0 Å². The molecule has 3 N–H and O–H groups in total. The zero-order valence-corrected chi connectivity index (χ0v) is 25.0. The number of hydrogen-bond donors (Lipinski definition) is 3. The molecular formula is C38H39NO4. The van der Waals surface area contributed by atoms with Crippen molar-refractivity contribution in [1.29, 1.82) is 0 Å². The Morgan fingerprint density at radius 2 is 1.49 bits per heavy atom. The molecule has 5 aromatic carbocycles. The van der Waals surface area contributed by atoms with E-state index in [1.54, 1.807) is 6.07 Å². The quantitative estimate of drug-likeness (QED) is 0.141. The highest BCUT2D eigenvalue weighted by atomic mass is 16.5. The van der Waals surface area contributed by atoms with E-state index in [1.807, 2.05) is 73.7 Å². The molecule has 5 nitrogen and oxygen atoms in total. The van der Waals surface area contributed by atoms with Crippen LogP contribution in [0.2, 0.25) is 0 Å². The Hall–Kier alpha value is -4.29. The Bertz CT molecular complexity index is 1700. The van der Waals surface area contributed by atoms with Crippen LogP contribution in [-0.4, -0.2) is 41.0 Å². The molecule has 0 unspecified atom stereocenters. The fourth-order valence-corrected chi connectivity index (χ4v) is 5.59. The first-order chi connectivity index (χ1) is 20.7. The average Bonchev–Trinajstić information content (AvgIpc) is 3.02. The molecule has 5 aromatic rings. The fraction of sp³-hybridized carbons (Fsp3) is 0.237. The second-order valence-corrected chi connectivity index (χ2v) is 11.8. The number of rotatable bonds is 12. The van der Waals surface area contributed by atoms with Gasteiger partial charge in [-0.25, -0.2) is 4.79 Å². The Labute approximate surface area is 253 Å². The number of ether oxygens (including phenoxy) is 1. The van der Waals surface area contributed by atoms with Crippen LogP contribution in [0.1, 0.15) is 48.4 Å². The van der Waals surface area contributed by atoms with E-state index in [1.165, 1.54) is 16.3 Å². The second kappa shape index (κ2) is 13.3. The number of aliphatic hydroxyl groups is 1. The van der Waals surface area contributed by atoms with E-state index in [2.05, 4.69) is 61.6 Å². The van der Waals surface area contributed by atoms with Gasteiger partial charge in [0, 0.05) is 12.1 Å². The standard InChI is InChI=1S/C38H39NO4/c1-26(43-25-32(40)24-39-38(2,3)23-27-17-18-28-11-7-8-14-30(28)21-27)33-15-9-10-16-34(33)31-19-20-35(37(41)42)36(22-31)29-12-5-4-6-13-29/h4-22,26,32,39-40H,23-25H2,1-3H3,(H,41,42)/t26-,32-/m1/s1. The van der Waals surface area contributed by atoms with E-state index in [0.29, 0.717) is 12.1 Å². The van der Waals surface area contributed by atoms with E-state index in [0.717, 1.165) is 28.7 Å². The van der Waals surface area contributed by atoms with Crippen LogP contribution in [0.25, 0.3) is 33.0 Å². The third-order valence-corrected chi connectivity index (χ3v) is 7.86. The van der Waals surface area contributed by atoms with Crippen molar-refractivity contribution in [3.05, 3.63) is 132 Å². The van der Waals surface area contributed by atoms with Crippen molar-refractivity contribution in [1.82, 2.24) is 5.32 Å². The molecule has 2 atom stereocenters. The summed E-state index contributed by atoms with van der Waals surface area (Å²) in [6.45, 7) is 6.86. The van der Waals surface area contributed by atoms with E-state index in [-0.39, 0.29) is 23.8 Å². The largest absolute Gasteiger partial charge is 0.478 e. The van der Waals surface area contributed by atoms with Gasteiger partial charge in [-0.15, -0.1) is 0 Å². The van der Waals surface area contributed by atoms with Gasteiger partial charge in [-0.3, -0.25) is 0 Å². The molecule has 0 saturated carbocycles. The van der Waals surface area contributed by atoms with Crippen LogP contribution in [0.3, 0.4) is 0 Å². The lowest BCUT2D eigenvalue weighted by Crippen LogP contribution is -2.46. The lowest BCUT2D eigenvalue weighted by molar-refractivity contribution is -0.00397. The van der Waals surface area contributed by atoms with Crippen molar-refractivity contribution < 1.29 is 19.7 Å². The van der Waals surface area contributed by atoms with Crippen molar-refractivity contribution in [2.75, 3.05) is 13.2 Å². The number of benzene rings is 5. The number of carboxylic acids is 1. The summed E-state index contributed by atoms with van der Waals surface area (Å²) in [5.74, 6) is -0.960. The minimum absolute atomic E-state index is 0.182. The Morgan fingerprint density at radius 3 is 2.26 bits per heavy atom. The summed E-state index contributed by atoms with van der Waals surface area (Å²) < 4.78 is 6.18. The van der Waals surface area contributed by atoms with E-state index < -0.39 is 12.1 Å². The Balaban J connectivity index is 1.23. The SMILES string of the molecule is C[C@@H](OC[C@H](O)CNC(C)(C)Cc1ccc2ccccc2c1)c1ccccc1-c1ccc(C(=O)O)c(-c2ccccc2)c1. The first-order valence-electron chi connectivity index (χ1n) is 14.7. The predicted octanol–water partition coefficient (Wildman–Crippen LogP) is 7.92. The summed E-state index contributed by atoms with van der Waals surface area (Å²) in [5, 5.41) is 26.6. The molecule has 5 rings (SSSR count). The van der Waals surface area contributed by atoms with Crippen molar-refractivity contribution in [3.63, 3.8) is 0 Å². The van der Waals surface area contributed by atoms with Crippen LogP contribution in [0.15, 0.2) is 115 Å². The molecule has 0 aliphatic carbocycles. The maximum Gasteiger partial charge on any atom is 0.336 e. The number of nitrogens with one attached hydrogen (secondary N) is 1. The number of carboxylic acid groups (broad SMARTS) is 1. The summed E-state index contributed by atoms with van der Waals surface area (Å²) in [6.07, 6.45) is -0.123. The molecule has 220 valence electrons. The normalized spacial score (nSPS) is 13.1. The summed E-state index contributed by atoms with van der Waals surface area (Å²) in [5.41, 5.74) is 5.67. The molecule has 0 bridgehead atoms. The first-order valence-corrected chi connectivity index (χ1v) is 14.7. The highest BCUT2D eigenvalue weighted by Crippen LogP contribution is 2.34. The van der Waals surface area contributed by atoms with Gasteiger partial charge in [0.2, 0.25) is 0 Å². The molecule has 0 aliphatic heterocycles. The second-order valence-electron chi connectivity index (χ2n) is 11.8. The average molecular weight is 574 g/mol. The zero-order valence-electron chi connectivity index (χ0n) is 25.0. The molecule has 0 saturated heterocycles. The topological polar surface area (TPSA) is 78.8 Å². The molecule has 0 fully saturated rings. The van der Waals surface area contributed by atoms with Crippen LogP contribution in [0.5, 0.6) is 0 Å². The number of hydrogen-bond acceptors (Lipinski definition) is 4. The van der Waals surface area contributed by atoms with Crippen LogP contribution in [0, 0.1) is 0 Å². The van der Waals surface area contributed by atoms with Gasteiger partial charge in [0.1, 0.15) is 0 Å². The van der Waals surface area contributed by atoms with E-state index in [4.69, 9.17) is 4.74 Å². The highest BCUT2D eigenvalue weighted by molar-refractivity contribution is 5.97. The molecule has 43 heavy (non-hydrogen) atoms.